The molecule has 1 aliphatic carbocycles. The molecule has 0 atom stereocenters. The smallest absolute Gasteiger partial charge is 0.246 e. The average molecular weight is 397 g/mol. The Kier molecular flexibility index (Phi) is 6.05. The van der Waals surface area contributed by atoms with Gasteiger partial charge in [-0.25, -0.2) is 8.42 Å². The summed E-state index contributed by atoms with van der Waals surface area (Å²) in [6, 6.07) is 4.61. The molecule has 27 heavy (non-hydrogen) atoms. The zero-order valence-corrected chi connectivity index (χ0v) is 16.4. The van der Waals surface area contributed by atoms with Crippen LogP contribution in [0.1, 0.15) is 32.1 Å². The first-order valence-electron chi connectivity index (χ1n) is 9.23. The summed E-state index contributed by atoms with van der Waals surface area (Å²) in [7, 11) is -2.34. The summed E-state index contributed by atoms with van der Waals surface area (Å²) in [5.74, 6) is -0.0401. The molecule has 1 saturated heterocycles. The fourth-order valence-electron chi connectivity index (χ4n) is 3.55. The standard InChI is InChI=1S/C18H27N3O5S/c1-25-15-6-5-14(20-17(22)18(19)7-3-2-4-8-18)13-16(15)27(23,24)21-9-11-26-12-10-21/h5-6,13H,2-4,7-12,19H2,1H3,(H,20,22). The predicted molar refractivity (Wildman–Crippen MR) is 101 cm³/mol. The molecule has 2 aliphatic rings. The van der Waals surface area contributed by atoms with Gasteiger partial charge in [0.2, 0.25) is 15.9 Å². The van der Waals surface area contributed by atoms with E-state index in [0.717, 1.165) is 19.3 Å². The van der Waals surface area contributed by atoms with Crippen LogP contribution in [0.3, 0.4) is 0 Å². The highest BCUT2D eigenvalue weighted by Crippen LogP contribution is 2.32. The first-order valence-corrected chi connectivity index (χ1v) is 10.7. The molecule has 8 nitrogen and oxygen atoms in total. The number of nitrogens with two attached hydrogens (primary N) is 1. The number of methoxy groups -OCH3 is 1. The number of sulfonamides is 1. The van der Waals surface area contributed by atoms with Crippen LogP contribution in [-0.4, -0.2) is 57.6 Å². The van der Waals surface area contributed by atoms with Crippen LogP contribution in [0.15, 0.2) is 23.1 Å². The Morgan fingerprint density at radius 3 is 2.52 bits per heavy atom. The van der Waals surface area contributed by atoms with Gasteiger partial charge in [0, 0.05) is 18.8 Å². The van der Waals surface area contributed by atoms with Crippen LogP contribution < -0.4 is 15.8 Å². The van der Waals surface area contributed by atoms with Gasteiger partial charge in [-0.05, 0) is 31.0 Å². The van der Waals surface area contributed by atoms with Crippen LogP contribution in [-0.2, 0) is 19.6 Å². The minimum absolute atomic E-state index is 0.0272. The Hall–Kier alpha value is -1.68. The summed E-state index contributed by atoms with van der Waals surface area (Å²) < 4.78 is 37.9. The monoisotopic (exact) mass is 397 g/mol. The third kappa shape index (κ3) is 4.26. The van der Waals surface area contributed by atoms with Crippen molar-refractivity contribution in [3.8, 4) is 5.75 Å². The topological polar surface area (TPSA) is 111 Å². The number of carbonyl (C=O) groups is 1. The van der Waals surface area contributed by atoms with E-state index in [4.69, 9.17) is 15.2 Å². The van der Waals surface area contributed by atoms with E-state index in [1.807, 2.05) is 0 Å². The second kappa shape index (κ2) is 8.14. The number of ether oxygens (including phenoxy) is 2. The molecule has 3 N–H and O–H groups in total. The fraction of sp³-hybridized carbons (Fsp3) is 0.611. The van der Waals surface area contributed by atoms with Crippen LogP contribution in [0.4, 0.5) is 5.69 Å². The normalized spacial score (nSPS) is 20.8. The molecule has 1 aliphatic heterocycles. The number of nitrogens with one attached hydrogen (secondary N) is 1. The van der Waals surface area contributed by atoms with E-state index >= 15 is 0 Å². The van der Waals surface area contributed by atoms with Gasteiger partial charge in [-0.3, -0.25) is 4.79 Å². The molecular formula is C18H27N3O5S. The van der Waals surface area contributed by atoms with Gasteiger partial charge in [0.05, 0.1) is 25.9 Å². The highest BCUT2D eigenvalue weighted by atomic mass is 32.2. The van der Waals surface area contributed by atoms with Crippen molar-refractivity contribution < 1.29 is 22.7 Å². The van der Waals surface area contributed by atoms with Crippen molar-refractivity contribution in [3.05, 3.63) is 18.2 Å². The molecule has 0 unspecified atom stereocenters. The Morgan fingerprint density at radius 1 is 1.22 bits per heavy atom. The number of hydrogen-bond donors (Lipinski definition) is 2. The maximum Gasteiger partial charge on any atom is 0.246 e. The fourth-order valence-corrected chi connectivity index (χ4v) is 5.14. The zero-order valence-electron chi connectivity index (χ0n) is 15.6. The van der Waals surface area contributed by atoms with Gasteiger partial charge in [0.25, 0.3) is 0 Å². The molecule has 0 aromatic heterocycles. The van der Waals surface area contributed by atoms with Gasteiger partial charge in [0.1, 0.15) is 10.6 Å². The van der Waals surface area contributed by atoms with Gasteiger partial charge in [-0.1, -0.05) is 19.3 Å². The molecule has 150 valence electrons. The summed E-state index contributed by atoms with van der Waals surface area (Å²) in [4.78, 5) is 12.7. The molecule has 9 heteroatoms. The number of nitrogens with zero attached hydrogens (tertiary/aromatic N) is 1. The number of benzene rings is 1. The minimum atomic E-state index is -3.76. The summed E-state index contributed by atoms with van der Waals surface area (Å²) in [5.41, 5.74) is 5.76. The minimum Gasteiger partial charge on any atom is -0.495 e. The largest absolute Gasteiger partial charge is 0.495 e. The summed E-state index contributed by atoms with van der Waals surface area (Å²) in [6.45, 7) is 1.28. The van der Waals surface area contributed by atoms with Crippen molar-refractivity contribution in [2.24, 2.45) is 5.73 Å². The Morgan fingerprint density at radius 2 is 1.89 bits per heavy atom. The third-order valence-electron chi connectivity index (χ3n) is 5.21. The number of carbonyl (C=O) groups excluding carboxylic acids is 1. The molecule has 1 heterocycles. The van der Waals surface area contributed by atoms with E-state index in [1.54, 1.807) is 12.1 Å². The Labute approximate surface area is 160 Å². The van der Waals surface area contributed by atoms with Crippen molar-refractivity contribution in [1.82, 2.24) is 4.31 Å². The lowest BCUT2D eigenvalue weighted by Crippen LogP contribution is -2.52. The number of rotatable bonds is 5. The van der Waals surface area contributed by atoms with Crippen LogP contribution in [0.5, 0.6) is 5.75 Å². The highest BCUT2D eigenvalue weighted by molar-refractivity contribution is 7.89. The zero-order chi connectivity index (χ0) is 19.5. The molecule has 0 spiro atoms. The van der Waals surface area contributed by atoms with Crippen LogP contribution in [0.2, 0.25) is 0 Å². The quantitative estimate of drug-likeness (QED) is 0.775. The van der Waals surface area contributed by atoms with Gasteiger partial charge in [0.15, 0.2) is 0 Å². The second-order valence-corrected chi connectivity index (χ2v) is 8.96. The first-order chi connectivity index (χ1) is 12.9. The van der Waals surface area contributed by atoms with E-state index in [-0.39, 0.29) is 29.6 Å². The Balaban J connectivity index is 1.86. The molecule has 1 amide bonds. The molecule has 1 saturated carbocycles. The van der Waals surface area contributed by atoms with Crippen LogP contribution >= 0.6 is 0 Å². The van der Waals surface area contributed by atoms with Crippen molar-refractivity contribution in [1.29, 1.82) is 0 Å². The molecule has 3 rings (SSSR count). The first kappa shape index (κ1) is 20.1. The van der Waals surface area contributed by atoms with E-state index < -0.39 is 15.6 Å². The van der Waals surface area contributed by atoms with Crippen LogP contribution in [0.25, 0.3) is 0 Å². The predicted octanol–water partition coefficient (Wildman–Crippen LogP) is 1.32. The molecule has 1 aromatic carbocycles. The molecular weight excluding hydrogens is 370 g/mol. The lowest BCUT2D eigenvalue weighted by molar-refractivity contribution is -0.122. The maximum atomic E-state index is 13.0. The van der Waals surface area contributed by atoms with Gasteiger partial charge < -0.3 is 20.5 Å². The Bertz CT molecular complexity index is 784. The van der Waals surface area contributed by atoms with Crippen molar-refractivity contribution >= 4 is 21.6 Å². The second-order valence-electron chi connectivity index (χ2n) is 7.05. The number of hydrogen-bond acceptors (Lipinski definition) is 6. The number of anilines is 1. The van der Waals surface area contributed by atoms with Crippen molar-refractivity contribution in [2.45, 2.75) is 42.5 Å². The van der Waals surface area contributed by atoms with Crippen LogP contribution in [0, 0.1) is 0 Å². The molecule has 2 fully saturated rings. The van der Waals surface area contributed by atoms with E-state index in [9.17, 15) is 13.2 Å². The summed E-state index contributed by atoms with van der Waals surface area (Å²) in [5, 5.41) is 2.79. The lowest BCUT2D eigenvalue weighted by atomic mass is 9.82. The van der Waals surface area contributed by atoms with Crippen molar-refractivity contribution in [3.63, 3.8) is 0 Å². The van der Waals surface area contributed by atoms with E-state index in [0.29, 0.717) is 31.7 Å². The van der Waals surface area contributed by atoms with E-state index in [2.05, 4.69) is 5.32 Å². The lowest BCUT2D eigenvalue weighted by Gasteiger charge is -2.32. The summed E-state index contributed by atoms with van der Waals surface area (Å²) in [6.07, 6.45) is 4.19. The SMILES string of the molecule is COc1ccc(NC(=O)C2(N)CCCCC2)cc1S(=O)(=O)N1CCOCC1. The van der Waals surface area contributed by atoms with Gasteiger partial charge in [-0.15, -0.1) is 0 Å². The molecule has 0 radical (unpaired) electrons. The average Bonchev–Trinajstić information content (AvgIpc) is 2.69. The number of morpholine rings is 1. The van der Waals surface area contributed by atoms with Gasteiger partial charge in [-0.2, -0.15) is 4.31 Å². The maximum absolute atomic E-state index is 13.0. The molecule has 1 aromatic rings. The third-order valence-corrected chi connectivity index (χ3v) is 7.13. The van der Waals surface area contributed by atoms with E-state index in [1.165, 1.54) is 17.5 Å². The van der Waals surface area contributed by atoms with Crippen molar-refractivity contribution in [2.75, 3.05) is 38.7 Å². The highest BCUT2D eigenvalue weighted by Gasteiger charge is 2.36. The van der Waals surface area contributed by atoms with Gasteiger partial charge >= 0.3 is 0 Å². The number of amides is 1. The molecule has 0 bridgehead atoms. The summed E-state index contributed by atoms with van der Waals surface area (Å²) >= 11 is 0.